The molecule has 0 radical (unpaired) electrons. The molecule has 0 bridgehead atoms. The molecule has 25 heavy (non-hydrogen) atoms. The van der Waals surface area contributed by atoms with Crippen molar-refractivity contribution in [3.8, 4) is 0 Å². The summed E-state index contributed by atoms with van der Waals surface area (Å²) in [5, 5.41) is 2.69. The third kappa shape index (κ3) is 4.21. The number of hydrogen-bond acceptors (Lipinski definition) is 5. The molecule has 2 aromatic rings. The van der Waals surface area contributed by atoms with Gasteiger partial charge in [0, 0.05) is 5.56 Å². The number of carbonyl (C=O) groups excluding carboxylic acids is 3. The van der Waals surface area contributed by atoms with Crippen LogP contribution in [0.4, 0.5) is 9.39 Å². The van der Waals surface area contributed by atoms with E-state index in [2.05, 4.69) is 5.32 Å². The highest BCUT2D eigenvalue weighted by Crippen LogP contribution is 2.33. The van der Waals surface area contributed by atoms with Gasteiger partial charge in [-0.05, 0) is 50.6 Å². The van der Waals surface area contributed by atoms with E-state index in [1.807, 2.05) is 0 Å². The average molecular weight is 364 g/mol. The number of rotatable bonds is 5. The van der Waals surface area contributed by atoms with E-state index in [0.29, 0.717) is 5.56 Å². The number of nitrogens with one attached hydrogen (secondary N) is 1. The zero-order valence-corrected chi connectivity index (χ0v) is 14.7. The van der Waals surface area contributed by atoms with Crippen LogP contribution >= 0.6 is 11.3 Å². The summed E-state index contributed by atoms with van der Waals surface area (Å²) in [5.41, 5.74) is 5.98. The van der Waals surface area contributed by atoms with Crippen molar-refractivity contribution in [2.45, 2.75) is 26.9 Å². The third-order valence-corrected chi connectivity index (χ3v) is 4.44. The Hall–Kier alpha value is -2.74. The van der Waals surface area contributed by atoms with Crippen molar-refractivity contribution >= 4 is 34.1 Å². The number of hydrogen-bond donors (Lipinski definition) is 2. The maximum atomic E-state index is 13.0. The number of anilines is 1. The largest absolute Gasteiger partial charge is 0.459 e. The third-order valence-electron chi connectivity index (χ3n) is 3.25. The van der Waals surface area contributed by atoms with E-state index in [4.69, 9.17) is 10.5 Å². The van der Waals surface area contributed by atoms with Gasteiger partial charge >= 0.3 is 5.97 Å². The Bertz CT molecular complexity index is 828. The topological polar surface area (TPSA) is 98.5 Å². The lowest BCUT2D eigenvalue weighted by Crippen LogP contribution is -2.17. The second-order valence-corrected chi connectivity index (χ2v) is 6.56. The molecule has 0 fully saturated rings. The fraction of sp³-hybridized carbons (Fsp3) is 0.235. The Kier molecular flexibility index (Phi) is 5.53. The minimum absolute atomic E-state index is 0.0520. The first-order valence-corrected chi connectivity index (χ1v) is 8.23. The molecule has 0 saturated heterocycles. The molecule has 0 atom stereocenters. The lowest BCUT2D eigenvalue weighted by molar-refractivity contribution is 0.0383. The molecule has 0 aliphatic carbocycles. The van der Waals surface area contributed by atoms with Gasteiger partial charge in [-0.2, -0.15) is 0 Å². The fourth-order valence-electron chi connectivity index (χ4n) is 2.14. The molecular formula is C17H17FN2O4S. The second-order valence-electron chi connectivity index (χ2n) is 5.54. The highest BCUT2D eigenvalue weighted by Gasteiger charge is 2.26. The molecule has 8 heteroatoms. The van der Waals surface area contributed by atoms with Crippen LogP contribution in [0.2, 0.25) is 0 Å². The minimum Gasteiger partial charge on any atom is -0.459 e. The normalized spacial score (nSPS) is 10.6. The first kappa shape index (κ1) is 18.6. The van der Waals surface area contributed by atoms with Gasteiger partial charge in [-0.3, -0.25) is 9.59 Å². The SMILES string of the molecule is Cc1c(C(=O)OC(C)C)sc(NC(=O)c2ccc(F)cc2)c1C(N)=O. The van der Waals surface area contributed by atoms with Crippen LogP contribution in [0.3, 0.4) is 0 Å². The van der Waals surface area contributed by atoms with Crippen LogP contribution < -0.4 is 11.1 Å². The Labute approximate surface area is 147 Å². The zero-order valence-electron chi connectivity index (χ0n) is 13.9. The number of esters is 1. The fourth-order valence-corrected chi connectivity index (χ4v) is 3.23. The van der Waals surface area contributed by atoms with Crippen molar-refractivity contribution in [3.63, 3.8) is 0 Å². The van der Waals surface area contributed by atoms with Gasteiger partial charge in [-0.25, -0.2) is 9.18 Å². The Morgan fingerprint density at radius 3 is 2.32 bits per heavy atom. The lowest BCUT2D eigenvalue weighted by atomic mass is 10.1. The molecule has 132 valence electrons. The van der Waals surface area contributed by atoms with E-state index in [9.17, 15) is 18.8 Å². The average Bonchev–Trinajstić information content (AvgIpc) is 2.83. The number of nitrogens with two attached hydrogens (primary N) is 1. The number of halogens is 1. The number of carbonyl (C=O) groups is 3. The summed E-state index contributed by atoms with van der Waals surface area (Å²) in [5.74, 6) is -2.39. The van der Waals surface area contributed by atoms with E-state index in [1.165, 1.54) is 12.1 Å². The predicted molar refractivity (Wildman–Crippen MR) is 92.5 cm³/mol. The van der Waals surface area contributed by atoms with Crippen molar-refractivity contribution in [2.24, 2.45) is 5.73 Å². The quantitative estimate of drug-likeness (QED) is 0.797. The van der Waals surface area contributed by atoms with Crippen LogP contribution in [-0.4, -0.2) is 23.9 Å². The van der Waals surface area contributed by atoms with Gasteiger partial charge in [0.25, 0.3) is 11.8 Å². The van der Waals surface area contributed by atoms with Crippen molar-refractivity contribution in [1.29, 1.82) is 0 Å². The zero-order chi connectivity index (χ0) is 18.7. The maximum absolute atomic E-state index is 13.0. The molecule has 0 aliphatic rings. The van der Waals surface area contributed by atoms with E-state index in [0.717, 1.165) is 23.5 Å². The highest BCUT2D eigenvalue weighted by molar-refractivity contribution is 7.18. The second kappa shape index (κ2) is 7.43. The number of benzene rings is 1. The molecule has 1 aromatic carbocycles. The Morgan fingerprint density at radius 1 is 1.20 bits per heavy atom. The number of amides is 2. The van der Waals surface area contributed by atoms with Crippen molar-refractivity contribution in [2.75, 3.05) is 5.32 Å². The molecule has 1 aromatic heterocycles. The standard InChI is InChI=1S/C17H17FN2O4S/c1-8(2)24-17(23)13-9(3)12(14(19)21)16(25-13)20-15(22)10-4-6-11(18)7-5-10/h4-8H,1-3H3,(H2,19,21)(H,20,22). The van der Waals surface area contributed by atoms with Crippen LogP contribution in [0.1, 0.15) is 49.8 Å². The van der Waals surface area contributed by atoms with Gasteiger partial charge in [0.2, 0.25) is 0 Å². The van der Waals surface area contributed by atoms with Crippen LogP contribution in [-0.2, 0) is 4.74 Å². The monoisotopic (exact) mass is 364 g/mol. The lowest BCUT2D eigenvalue weighted by Gasteiger charge is -2.06. The smallest absolute Gasteiger partial charge is 0.348 e. The summed E-state index contributed by atoms with van der Waals surface area (Å²) < 4.78 is 18.1. The maximum Gasteiger partial charge on any atom is 0.348 e. The van der Waals surface area contributed by atoms with E-state index >= 15 is 0 Å². The van der Waals surface area contributed by atoms with Gasteiger partial charge < -0.3 is 15.8 Å². The van der Waals surface area contributed by atoms with E-state index in [-0.39, 0.29) is 27.1 Å². The molecule has 3 N–H and O–H groups in total. The minimum atomic E-state index is -0.772. The number of thiophene rings is 1. The molecule has 0 unspecified atom stereocenters. The summed E-state index contributed by atoms with van der Waals surface area (Å²) in [4.78, 5) is 36.3. The van der Waals surface area contributed by atoms with Crippen LogP contribution in [0.15, 0.2) is 24.3 Å². The van der Waals surface area contributed by atoms with Gasteiger partial charge in [-0.1, -0.05) is 0 Å². The van der Waals surface area contributed by atoms with E-state index < -0.39 is 23.6 Å². The van der Waals surface area contributed by atoms with Crippen LogP contribution in [0.5, 0.6) is 0 Å². The molecule has 1 heterocycles. The number of ether oxygens (including phenoxy) is 1. The highest BCUT2D eigenvalue weighted by atomic mass is 32.1. The summed E-state index contributed by atoms with van der Waals surface area (Å²) in [6.07, 6.45) is -0.330. The molecule has 0 aliphatic heterocycles. The molecule has 0 saturated carbocycles. The van der Waals surface area contributed by atoms with Crippen LogP contribution in [0, 0.1) is 12.7 Å². The summed E-state index contributed by atoms with van der Waals surface area (Å²) in [6.45, 7) is 4.96. The molecule has 0 spiro atoms. The van der Waals surface area contributed by atoms with Gasteiger partial charge in [0.05, 0.1) is 11.7 Å². The van der Waals surface area contributed by atoms with Crippen molar-refractivity contribution in [3.05, 3.63) is 51.7 Å². The van der Waals surface area contributed by atoms with Crippen LogP contribution in [0.25, 0.3) is 0 Å². The van der Waals surface area contributed by atoms with Crippen molar-refractivity contribution < 1.29 is 23.5 Å². The van der Waals surface area contributed by atoms with E-state index in [1.54, 1.807) is 20.8 Å². The Balaban J connectivity index is 2.36. The molecule has 2 rings (SSSR count). The number of primary amides is 1. The first-order valence-electron chi connectivity index (χ1n) is 7.41. The first-order chi connectivity index (χ1) is 11.7. The van der Waals surface area contributed by atoms with Gasteiger partial charge in [0.1, 0.15) is 15.7 Å². The molecule has 6 nitrogen and oxygen atoms in total. The van der Waals surface area contributed by atoms with Gasteiger partial charge in [-0.15, -0.1) is 11.3 Å². The molecular weight excluding hydrogens is 347 g/mol. The molecule has 2 amide bonds. The predicted octanol–water partition coefficient (Wildman–Crippen LogP) is 3.11. The summed E-state index contributed by atoms with van der Waals surface area (Å²) >= 11 is 0.909. The Morgan fingerprint density at radius 2 is 1.80 bits per heavy atom. The van der Waals surface area contributed by atoms with Crippen molar-refractivity contribution in [1.82, 2.24) is 0 Å². The summed E-state index contributed by atoms with van der Waals surface area (Å²) in [6, 6.07) is 4.91. The van der Waals surface area contributed by atoms with Gasteiger partial charge in [0.15, 0.2) is 0 Å². The summed E-state index contributed by atoms with van der Waals surface area (Å²) in [7, 11) is 0.